The van der Waals surface area contributed by atoms with E-state index in [1.165, 1.54) is 14.2 Å². The van der Waals surface area contributed by atoms with E-state index in [9.17, 15) is 9.59 Å². The van der Waals surface area contributed by atoms with Crippen molar-refractivity contribution in [1.29, 1.82) is 0 Å². The highest BCUT2D eigenvalue weighted by Crippen LogP contribution is 2.12. The van der Waals surface area contributed by atoms with Crippen molar-refractivity contribution >= 4 is 11.9 Å². The monoisotopic (exact) mass is 260 g/mol. The Morgan fingerprint density at radius 1 is 1.28 bits per heavy atom. The quantitative estimate of drug-likeness (QED) is 0.453. The van der Waals surface area contributed by atoms with E-state index in [1.807, 2.05) is 7.05 Å². The van der Waals surface area contributed by atoms with Crippen molar-refractivity contribution in [3.8, 4) is 0 Å². The van der Waals surface area contributed by atoms with E-state index in [2.05, 4.69) is 15.4 Å². The smallest absolute Gasteiger partial charge is 0.307 e. The van der Waals surface area contributed by atoms with Crippen molar-refractivity contribution in [2.24, 2.45) is 0 Å². The van der Waals surface area contributed by atoms with Gasteiger partial charge in [0.1, 0.15) is 0 Å². The molecule has 0 saturated heterocycles. The third-order valence-electron chi connectivity index (χ3n) is 2.50. The van der Waals surface area contributed by atoms with Gasteiger partial charge in [-0.1, -0.05) is 0 Å². The summed E-state index contributed by atoms with van der Waals surface area (Å²) >= 11 is 0. The molecule has 1 unspecified atom stereocenters. The fraction of sp³-hybridized carbons (Fsp3) is 0.833. The van der Waals surface area contributed by atoms with Gasteiger partial charge in [-0.25, -0.2) is 0 Å². The number of hydrogen-bond acceptors (Lipinski definition) is 5. The molecule has 6 nitrogen and oxygen atoms in total. The first-order valence-electron chi connectivity index (χ1n) is 5.99. The fourth-order valence-electron chi connectivity index (χ4n) is 1.67. The zero-order valence-corrected chi connectivity index (χ0v) is 11.7. The zero-order chi connectivity index (χ0) is 14.0. The van der Waals surface area contributed by atoms with Gasteiger partial charge in [-0.2, -0.15) is 0 Å². The van der Waals surface area contributed by atoms with Crippen LogP contribution in [0.15, 0.2) is 0 Å². The largest absolute Gasteiger partial charge is 0.469 e. The molecular weight excluding hydrogens is 236 g/mol. The van der Waals surface area contributed by atoms with Crippen LogP contribution in [-0.4, -0.2) is 51.8 Å². The van der Waals surface area contributed by atoms with Crippen LogP contribution in [0.25, 0.3) is 0 Å². The molecule has 106 valence electrons. The summed E-state index contributed by atoms with van der Waals surface area (Å²) < 4.78 is 9.66. The lowest BCUT2D eigenvalue weighted by Gasteiger charge is -2.29. The van der Waals surface area contributed by atoms with Gasteiger partial charge >= 0.3 is 5.97 Å². The number of hydrogen-bond donors (Lipinski definition) is 2. The van der Waals surface area contributed by atoms with Crippen molar-refractivity contribution in [2.45, 2.75) is 31.7 Å². The Bertz CT molecular complexity index is 271. The van der Waals surface area contributed by atoms with Gasteiger partial charge in [0.2, 0.25) is 5.91 Å². The van der Waals surface area contributed by atoms with E-state index in [-0.39, 0.29) is 24.9 Å². The second-order valence-corrected chi connectivity index (χ2v) is 4.50. The lowest BCUT2D eigenvalue weighted by Crippen LogP contribution is -2.51. The predicted octanol–water partition coefficient (Wildman–Crippen LogP) is 0.0704. The first-order valence-corrected chi connectivity index (χ1v) is 5.99. The number of nitrogens with one attached hydrogen (secondary N) is 2. The minimum atomic E-state index is -0.724. The highest BCUT2D eigenvalue weighted by molar-refractivity contribution is 5.78. The number of carbonyl (C=O) groups is 2. The van der Waals surface area contributed by atoms with E-state index in [4.69, 9.17) is 4.74 Å². The highest BCUT2D eigenvalue weighted by Gasteiger charge is 2.29. The number of methoxy groups -OCH3 is 2. The minimum absolute atomic E-state index is 0.0892. The first kappa shape index (κ1) is 16.9. The maximum absolute atomic E-state index is 11.7. The van der Waals surface area contributed by atoms with Crippen LogP contribution >= 0.6 is 0 Å². The van der Waals surface area contributed by atoms with Crippen LogP contribution in [0.4, 0.5) is 0 Å². The number of ether oxygens (including phenoxy) is 2. The number of rotatable bonds is 9. The van der Waals surface area contributed by atoms with Crippen LogP contribution < -0.4 is 10.6 Å². The molecule has 0 aliphatic carbocycles. The van der Waals surface area contributed by atoms with Crippen LogP contribution in [0.1, 0.15) is 26.2 Å². The molecule has 18 heavy (non-hydrogen) atoms. The van der Waals surface area contributed by atoms with Gasteiger partial charge in [-0.05, 0) is 26.9 Å². The summed E-state index contributed by atoms with van der Waals surface area (Å²) in [6.07, 6.45) is 1.26. The summed E-state index contributed by atoms with van der Waals surface area (Å²) in [5.74, 6) is -0.459. The molecule has 0 heterocycles. The van der Waals surface area contributed by atoms with E-state index in [0.717, 1.165) is 13.0 Å². The Hall–Kier alpha value is -1.14. The highest BCUT2D eigenvalue weighted by atomic mass is 16.5. The van der Waals surface area contributed by atoms with Gasteiger partial charge in [0, 0.05) is 13.5 Å². The third kappa shape index (κ3) is 7.24. The van der Waals surface area contributed by atoms with Crippen LogP contribution in [-0.2, 0) is 19.1 Å². The van der Waals surface area contributed by atoms with Gasteiger partial charge in [0.25, 0.3) is 0 Å². The average molecular weight is 260 g/mol. The summed E-state index contributed by atoms with van der Waals surface area (Å²) in [5, 5.41) is 5.80. The maximum atomic E-state index is 11.7. The Morgan fingerprint density at radius 3 is 2.44 bits per heavy atom. The van der Waals surface area contributed by atoms with Crippen LogP contribution in [0, 0.1) is 0 Å². The second-order valence-electron chi connectivity index (χ2n) is 4.50. The van der Waals surface area contributed by atoms with Crippen LogP contribution in [0.3, 0.4) is 0 Å². The van der Waals surface area contributed by atoms with Gasteiger partial charge in [0.15, 0.2) is 0 Å². The summed E-state index contributed by atoms with van der Waals surface area (Å²) in [7, 11) is 4.69. The normalized spacial score (nSPS) is 13.8. The first-order chi connectivity index (χ1) is 8.47. The molecule has 0 radical (unpaired) electrons. The van der Waals surface area contributed by atoms with Crippen molar-refractivity contribution in [3.63, 3.8) is 0 Å². The van der Waals surface area contributed by atoms with Gasteiger partial charge in [-0.3, -0.25) is 9.59 Å². The van der Waals surface area contributed by atoms with Gasteiger partial charge in [0.05, 0.1) is 25.7 Å². The number of carbonyl (C=O) groups excluding carboxylic acids is 2. The zero-order valence-electron chi connectivity index (χ0n) is 11.7. The molecule has 0 fully saturated rings. The molecule has 1 atom stereocenters. The Kier molecular flexibility index (Phi) is 8.32. The third-order valence-corrected chi connectivity index (χ3v) is 2.50. The summed E-state index contributed by atoms with van der Waals surface area (Å²) in [5.41, 5.74) is -0.724. The van der Waals surface area contributed by atoms with Crippen molar-refractivity contribution in [1.82, 2.24) is 10.6 Å². The summed E-state index contributed by atoms with van der Waals surface area (Å²) in [6.45, 7) is 2.81. The Balaban J connectivity index is 4.31. The molecule has 0 aromatic heterocycles. The van der Waals surface area contributed by atoms with Crippen LogP contribution in [0.5, 0.6) is 0 Å². The molecule has 0 saturated carbocycles. The van der Waals surface area contributed by atoms with E-state index >= 15 is 0 Å². The molecule has 0 aliphatic heterocycles. The molecule has 0 aliphatic rings. The maximum Gasteiger partial charge on any atom is 0.307 e. The molecule has 6 heteroatoms. The topological polar surface area (TPSA) is 76.7 Å². The molecule has 1 amide bonds. The molecule has 0 aromatic rings. The molecule has 0 bridgehead atoms. The summed E-state index contributed by atoms with van der Waals surface area (Å²) in [4.78, 5) is 23.0. The van der Waals surface area contributed by atoms with Gasteiger partial charge in [-0.15, -0.1) is 0 Å². The van der Waals surface area contributed by atoms with E-state index in [1.54, 1.807) is 6.92 Å². The Labute approximate surface area is 108 Å². The minimum Gasteiger partial charge on any atom is -0.469 e. The lowest BCUT2D eigenvalue weighted by molar-refractivity contribution is -0.143. The molecular formula is C12H24N2O4. The second kappa shape index (κ2) is 8.88. The molecule has 2 N–H and O–H groups in total. The lowest BCUT2D eigenvalue weighted by atomic mass is 9.98. The standard InChI is InChI=1S/C12H24N2O4/c1-12(9-17-3,8-11(16)18-4)14-10(15)6-5-7-13-2/h13H,5-9H2,1-4H3,(H,14,15). The summed E-state index contributed by atoms with van der Waals surface area (Å²) in [6, 6.07) is 0. The molecule has 0 rings (SSSR count). The fourth-order valence-corrected chi connectivity index (χ4v) is 1.67. The van der Waals surface area contributed by atoms with E-state index in [0.29, 0.717) is 6.42 Å². The van der Waals surface area contributed by atoms with Crippen molar-refractivity contribution in [2.75, 3.05) is 34.4 Å². The molecule has 0 spiro atoms. The number of esters is 1. The SMILES string of the molecule is CNCCCC(=O)NC(C)(COC)CC(=O)OC. The van der Waals surface area contributed by atoms with Crippen molar-refractivity contribution in [3.05, 3.63) is 0 Å². The van der Waals surface area contributed by atoms with Crippen molar-refractivity contribution < 1.29 is 19.1 Å². The predicted molar refractivity (Wildman–Crippen MR) is 68.2 cm³/mol. The average Bonchev–Trinajstić information content (AvgIpc) is 2.28. The van der Waals surface area contributed by atoms with Crippen LogP contribution in [0.2, 0.25) is 0 Å². The number of amides is 1. The molecule has 0 aromatic carbocycles. The van der Waals surface area contributed by atoms with Gasteiger partial charge < -0.3 is 20.1 Å². The Morgan fingerprint density at radius 2 is 1.94 bits per heavy atom. The van der Waals surface area contributed by atoms with E-state index < -0.39 is 5.54 Å².